The van der Waals surface area contributed by atoms with Crippen LogP contribution in [0.3, 0.4) is 0 Å². The number of hydrogen-bond donors (Lipinski definition) is 1. The van der Waals surface area contributed by atoms with Gasteiger partial charge in [0.25, 0.3) is 0 Å². The van der Waals surface area contributed by atoms with Crippen LogP contribution in [-0.4, -0.2) is 48.6 Å². The molecular formula is C17H21F8NO4. The lowest BCUT2D eigenvalue weighted by molar-refractivity contribution is -0.349. The molecule has 1 fully saturated rings. The summed E-state index contributed by atoms with van der Waals surface area (Å²) in [6, 6.07) is -0.784. The van der Waals surface area contributed by atoms with Crippen molar-refractivity contribution in [2.24, 2.45) is 0 Å². The highest BCUT2D eigenvalue weighted by Gasteiger charge is 2.67. The second-order valence-electron chi connectivity index (χ2n) is 6.96. The Labute approximate surface area is 166 Å². The molecule has 1 N–H and O–H groups in total. The van der Waals surface area contributed by atoms with Gasteiger partial charge in [-0.25, -0.2) is 13.6 Å². The van der Waals surface area contributed by atoms with E-state index in [1.807, 2.05) is 5.32 Å². The van der Waals surface area contributed by atoms with Crippen molar-refractivity contribution in [2.75, 3.05) is 6.61 Å². The Bertz CT molecular complexity index is 635. The van der Waals surface area contributed by atoms with E-state index in [0.29, 0.717) is 19.8 Å². The number of esters is 1. The number of nitrogens with one attached hydrogen (secondary N) is 1. The molecule has 13 heteroatoms. The number of carbonyl (C=O) groups is 2. The maximum atomic E-state index is 13.8. The Hall–Kier alpha value is -1.92. The van der Waals surface area contributed by atoms with Crippen LogP contribution in [0.4, 0.5) is 35.1 Å². The van der Waals surface area contributed by atoms with Gasteiger partial charge in [-0.05, 0) is 19.8 Å². The van der Waals surface area contributed by atoms with Crippen molar-refractivity contribution in [3.8, 4) is 0 Å². The Morgan fingerprint density at radius 3 is 1.97 bits per heavy atom. The van der Waals surface area contributed by atoms with Crippen LogP contribution >= 0.6 is 0 Å². The first-order chi connectivity index (χ1) is 13.5. The van der Waals surface area contributed by atoms with Gasteiger partial charge in [0.05, 0.1) is 6.61 Å². The Morgan fingerprint density at radius 2 is 1.53 bits per heavy atom. The lowest BCUT2D eigenvalue weighted by atomic mass is 9.95. The van der Waals surface area contributed by atoms with Gasteiger partial charge in [0.1, 0.15) is 5.57 Å². The Morgan fingerprint density at radius 1 is 1.00 bits per heavy atom. The molecule has 1 atom stereocenters. The summed E-state index contributed by atoms with van der Waals surface area (Å²) in [6.45, 7) is 1.23. The minimum Gasteiger partial charge on any atom is -0.412 e. The molecule has 1 saturated carbocycles. The van der Waals surface area contributed by atoms with Gasteiger partial charge >= 0.3 is 30.0 Å². The van der Waals surface area contributed by atoms with E-state index in [0.717, 1.165) is 6.42 Å². The molecule has 1 aliphatic carbocycles. The summed E-state index contributed by atoms with van der Waals surface area (Å²) in [6.07, 6.45) is -10.2. The molecule has 0 heterocycles. The van der Waals surface area contributed by atoms with E-state index in [9.17, 15) is 44.7 Å². The lowest BCUT2D eigenvalue weighted by Crippen LogP contribution is -2.63. The molecular weight excluding hydrogens is 434 g/mol. The minimum absolute atomic E-state index is 0.274. The third-order valence-corrected chi connectivity index (χ3v) is 4.28. The first-order valence-electron chi connectivity index (χ1n) is 8.88. The van der Waals surface area contributed by atoms with Crippen LogP contribution in [0.2, 0.25) is 0 Å². The fourth-order valence-corrected chi connectivity index (χ4v) is 2.62. The third-order valence-electron chi connectivity index (χ3n) is 4.28. The molecule has 1 unspecified atom stereocenters. The van der Waals surface area contributed by atoms with Gasteiger partial charge in [0, 0.05) is 12.5 Å². The summed E-state index contributed by atoms with van der Waals surface area (Å²) in [7, 11) is 0. The van der Waals surface area contributed by atoms with Crippen LogP contribution in [0.25, 0.3) is 0 Å². The maximum absolute atomic E-state index is 13.8. The quantitative estimate of drug-likeness (QED) is 0.255. The highest BCUT2D eigenvalue weighted by Crippen LogP contribution is 2.38. The predicted octanol–water partition coefficient (Wildman–Crippen LogP) is 4.42. The standard InChI is InChI=1S/C17H21F8NO4/c1-10(16(20,21)22)12(27)30-15(17(23,24)25,29-9-8-14(2,18)19)13(28)26-11-6-4-3-5-7-11/h11H,1,3-9H2,2H3,(H,26,28). The molecule has 0 saturated heterocycles. The molecule has 0 spiro atoms. The summed E-state index contributed by atoms with van der Waals surface area (Å²) >= 11 is 0. The average molecular weight is 455 g/mol. The zero-order valence-electron chi connectivity index (χ0n) is 15.9. The van der Waals surface area contributed by atoms with Crippen molar-refractivity contribution < 1.29 is 54.2 Å². The molecule has 5 nitrogen and oxygen atoms in total. The van der Waals surface area contributed by atoms with Gasteiger partial charge in [-0.15, -0.1) is 0 Å². The van der Waals surface area contributed by atoms with Gasteiger partial charge in [0.2, 0.25) is 5.92 Å². The van der Waals surface area contributed by atoms with Gasteiger partial charge in [-0.2, -0.15) is 26.3 Å². The number of carbonyl (C=O) groups excluding carboxylic acids is 2. The average Bonchev–Trinajstić information content (AvgIpc) is 2.57. The first kappa shape index (κ1) is 26.1. The largest absolute Gasteiger partial charge is 0.466 e. The summed E-state index contributed by atoms with van der Waals surface area (Å²) in [5, 5.41) is 1.94. The molecule has 1 aliphatic rings. The van der Waals surface area contributed by atoms with Gasteiger partial charge < -0.3 is 14.8 Å². The van der Waals surface area contributed by atoms with Crippen LogP contribution in [0, 0.1) is 0 Å². The van der Waals surface area contributed by atoms with Crippen LogP contribution in [0.15, 0.2) is 12.2 Å². The van der Waals surface area contributed by atoms with Gasteiger partial charge in [-0.1, -0.05) is 25.8 Å². The molecule has 30 heavy (non-hydrogen) atoms. The van der Waals surface area contributed by atoms with E-state index < -0.39 is 60.6 Å². The minimum atomic E-state index is -5.88. The van der Waals surface area contributed by atoms with E-state index in [2.05, 4.69) is 16.1 Å². The van der Waals surface area contributed by atoms with Crippen molar-refractivity contribution in [2.45, 2.75) is 75.6 Å². The second-order valence-corrected chi connectivity index (χ2v) is 6.96. The SMILES string of the molecule is C=C(C(=O)OC(OCCC(C)(F)F)(C(=O)NC1CCCCC1)C(F)(F)F)C(F)(F)F. The lowest BCUT2D eigenvalue weighted by Gasteiger charge is -2.35. The number of rotatable bonds is 8. The monoisotopic (exact) mass is 455 g/mol. The van der Waals surface area contributed by atoms with Crippen molar-refractivity contribution in [3.63, 3.8) is 0 Å². The highest BCUT2D eigenvalue weighted by atomic mass is 19.4. The first-order valence-corrected chi connectivity index (χ1v) is 8.88. The summed E-state index contributed by atoms with van der Waals surface area (Å²) < 4.78 is 113. The number of hydrogen-bond acceptors (Lipinski definition) is 4. The second kappa shape index (κ2) is 9.48. The molecule has 0 aromatic carbocycles. The van der Waals surface area contributed by atoms with Crippen molar-refractivity contribution in [1.82, 2.24) is 5.32 Å². The van der Waals surface area contributed by atoms with E-state index >= 15 is 0 Å². The van der Waals surface area contributed by atoms with Gasteiger partial charge in [-0.3, -0.25) is 4.79 Å². The highest BCUT2D eigenvalue weighted by molar-refractivity contribution is 5.93. The fraction of sp³-hybridized carbons (Fsp3) is 0.765. The molecule has 0 aromatic heterocycles. The zero-order chi connectivity index (χ0) is 23.4. The van der Waals surface area contributed by atoms with E-state index in [1.165, 1.54) is 0 Å². The van der Waals surface area contributed by atoms with Crippen LogP contribution < -0.4 is 5.32 Å². The smallest absolute Gasteiger partial charge is 0.412 e. The summed E-state index contributed by atoms with van der Waals surface area (Å²) in [5.74, 6) is -12.8. The van der Waals surface area contributed by atoms with Crippen molar-refractivity contribution in [1.29, 1.82) is 0 Å². The molecule has 0 bridgehead atoms. The fourth-order valence-electron chi connectivity index (χ4n) is 2.62. The maximum Gasteiger partial charge on any atom is 0.466 e. The van der Waals surface area contributed by atoms with Crippen molar-refractivity contribution >= 4 is 11.9 Å². The molecule has 1 rings (SSSR count). The summed E-state index contributed by atoms with van der Waals surface area (Å²) in [4.78, 5) is 24.1. The normalized spacial score (nSPS) is 18.4. The number of alkyl halides is 8. The number of amides is 1. The van der Waals surface area contributed by atoms with Crippen LogP contribution in [0.5, 0.6) is 0 Å². The van der Waals surface area contributed by atoms with E-state index in [-0.39, 0.29) is 12.8 Å². The molecule has 0 aromatic rings. The van der Waals surface area contributed by atoms with E-state index in [4.69, 9.17) is 0 Å². The predicted molar refractivity (Wildman–Crippen MR) is 86.3 cm³/mol. The number of halogens is 8. The molecule has 0 aliphatic heterocycles. The molecule has 0 radical (unpaired) electrons. The van der Waals surface area contributed by atoms with Crippen LogP contribution in [-0.2, 0) is 19.1 Å². The molecule has 1 amide bonds. The molecule has 174 valence electrons. The zero-order valence-corrected chi connectivity index (χ0v) is 15.9. The number of ether oxygens (including phenoxy) is 2. The summed E-state index contributed by atoms with van der Waals surface area (Å²) in [5.41, 5.74) is -2.33. The topological polar surface area (TPSA) is 64.6 Å². The van der Waals surface area contributed by atoms with Gasteiger partial charge in [0.15, 0.2) is 0 Å². The van der Waals surface area contributed by atoms with Crippen LogP contribution in [0.1, 0.15) is 45.4 Å². The Kier molecular flexibility index (Phi) is 8.25. The van der Waals surface area contributed by atoms with Crippen molar-refractivity contribution in [3.05, 3.63) is 12.2 Å². The van der Waals surface area contributed by atoms with E-state index in [1.54, 1.807) is 0 Å². The third kappa shape index (κ3) is 7.10. The Balaban J connectivity index is 3.23.